The lowest BCUT2D eigenvalue weighted by Gasteiger charge is -2.37. The first-order valence-electron chi connectivity index (χ1n) is 11.8. The number of amides is 2. The fourth-order valence-electron chi connectivity index (χ4n) is 4.36. The van der Waals surface area contributed by atoms with Gasteiger partial charge in [-0.05, 0) is 66.3 Å². The van der Waals surface area contributed by atoms with E-state index in [4.69, 9.17) is 40.2 Å². The second kappa shape index (κ2) is 11.1. The van der Waals surface area contributed by atoms with Crippen molar-refractivity contribution >= 4 is 81.2 Å². The van der Waals surface area contributed by atoms with Crippen molar-refractivity contribution in [3.63, 3.8) is 0 Å². The van der Waals surface area contributed by atoms with E-state index in [0.717, 1.165) is 23.7 Å². The van der Waals surface area contributed by atoms with Gasteiger partial charge >= 0.3 is 0 Å². The number of nitrogens with zero attached hydrogens (tertiary/aromatic N) is 4. The highest BCUT2D eigenvalue weighted by molar-refractivity contribution is 7.81. The van der Waals surface area contributed by atoms with Crippen LogP contribution in [0.1, 0.15) is 5.56 Å². The van der Waals surface area contributed by atoms with Crippen molar-refractivity contribution in [1.29, 1.82) is 0 Å². The average molecular weight is 583 g/mol. The van der Waals surface area contributed by atoms with Gasteiger partial charge in [0.25, 0.3) is 17.5 Å². The molecule has 9 nitrogen and oxygen atoms in total. The molecule has 2 aliphatic heterocycles. The highest BCUT2D eigenvalue weighted by Gasteiger charge is 2.42. The number of non-ortho nitro benzene ring substituents is 1. The summed E-state index contributed by atoms with van der Waals surface area (Å²) in [5.41, 5.74) is 1.46. The van der Waals surface area contributed by atoms with E-state index in [1.165, 1.54) is 41.3 Å². The number of benzene rings is 3. The molecule has 0 N–H and O–H groups in total. The predicted molar refractivity (Wildman–Crippen MR) is 155 cm³/mol. The number of rotatable bonds is 5. The van der Waals surface area contributed by atoms with Gasteiger partial charge in [0.1, 0.15) is 5.57 Å². The minimum absolute atomic E-state index is 0.107. The maximum absolute atomic E-state index is 13.8. The largest absolute Gasteiger partial charge is 0.378 e. The topological polar surface area (TPSA) is 96.2 Å². The molecule has 0 saturated carbocycles. The minimum atomic E-state index is -0.734. The summed E-state index contributed by atoms with van der Waals surface area (Å²) in [6.45, 7) is 2.73. The lowest BCUT2D eigenvalue weighted by Crippen LogP contribution is -2.57. The molecule has 2 aliphatic rings. The van der Waals surface area contributed by atoms with E-state index in [0.29, 0.717) is 29.5 Å². The molecular weight excluding hydrogens is 563 g/mol. The van der Waals surface area contributed by atoms with Crippen LogP contribution in [-0.4, -0.2) is 48.2 Å². The molecule has 39 heavy (non-hydrogen) atoms. The van der Waals surface area contributed by atoms with E-state index >= 15 is 0 Å². The molecule has 0 spiro atoms. The Morgan fingerprint density at radius 1 is 0.897 bits per heavy atom. The van der Waals surface area contributed by atoms with Crippen molar-refractivity contribution in [2.45, 2.75) is 0 Å². The number of hydrogen-bond acceptors (Lipinski definition) is 7. The normalized spacial score (nSPS) is 17.2. The summed E-state index contributed by atoms with van der Waals surface area (Å²) < 4.78 is 5.42. The van der Waals surface area contributed by atoms with Crippen molar-refractivity contribution < 1.29 is 19.2 Å². The summed E-state index contributed by atoms with van der Waals surface area (Å²) in [6.07, 6.45) is 1.31. The second-order valence-electron chi connectivity index (χ2n) is 8.69. The Balaban J connectivity index is 1.60. The van der Waals surface area contributed by atoms with Gasteiger partial charge in [-0.25, -0.2) is 0 Å². The molecule has 0 bridgehead atoms. The van der Waals surface area contributed by atoms with Crippen LogP contribution in [0.15, 0.2) is 72.3 Å². The highest BCUT2D eigenvalue weighted by Crippen LogP contribution is 2.36. The van der Waals surface area contributed by atoms with Crippen molar-refractivity contribution in [1.82, 2.24) is 0 Å². The molecule has 3 aromatic rings. The smallest absolute Gasteiger partial charge is 0.270 e. The fourth-order valence-corrected chi connectivity index (χ4v) is 5.09. The molecule has 5 rings (SSSR count). The first kappa shape index (κ1) is 26.8. The summed E-state index contributed by atoms with van der Waals surface area (Å²) in [7, 11) is 0. The monoisotopic (exact) mass is 582 g/mol. The molecule has 198 valence electrons. The van der Waals surface area contributed by atoms with E-state index in [1.54, 1.807) is 24.3 Å². The maximum Gasteiger partial charge on any atom is 0.270 e. The molecule has 3 aromatic carbocycles. The Hall–Kier alpha value is -3.83. The lowest BCUT2D eigenvalue weighted by molar-refractivity contribution is -0.384. The standard InChI is InChI=1S/C27H20Cl2N4O5S/c28-18-4-9-23(29)24(16-18)32-26(35)22(15-17-2-1-3-21(14-17)33(36)37)25(34)31(27(32)39)20-7-5-19(6-8-20)30-10-12-38-13-11-30/h1-9,14-16H,10-13H2. The third-order valence-corrected chi connectivity index (χ3v) is 7.19. The summed E-state index contributed by atoms with van der Waals surface area (Å²) in [5, 5.41) is 11.7. The molecule has 2 heterocycles. The maximum atomic E-state index is 13.8. The number of morpholine rings is 1. The highest BCUT2D eigenvalue weighted by atomic mass is 35.5. The summed E-state index contributed by atoms with van der Waals surface area (Å²) in [5.74, 6) is -1.41. The van der Waals surface area contributed by atoms with Gasteiger partial charge in [0, 0.05) is 35.9 Å². The third kappa shape index (κ3) is 5.37. The SMILES string of the molecule is O=C1C(=Cc2cccc([N+](=O)[O-])c2)C(=O)N(c2cc(Cl)ccc2Cl)C(=S)N1c1ccc(N2CCOCC2)cc1. The number of carbonyl (C=O) groups excluding carboxylic acids is 2. The number of carbonyl (C=O) groups is 2. The Morgan fingerprint density at radius 3 is 2.26 bits per heavy atom. The molecule has 0 atom stereocenters. The van der Waals surface area contributed by atoms with Crippen LogP contribution in [0, 0.1) is 10.1 Å². The zero-order valence-corrected chi connectivity index (χ0v) is 22.6. The van der Waals surface area contributed by atoms with Gasteiger partial charge in [0.2, 0.25) is 0 Å². The van der Waals surface area contributed by atoms with Gasteiger partial charge < -0.3 is 9.64 Å². The van der Waals surface area contributed by atoms with Crippen LogP contribution in [0.3, 0.4) is 0 Å². The minimum Gasteiger partial charge on any atom is -0.378 e. The van der Waals surface area contributed by atoms with Crippen LogP contribution >= 0.6 is 35.4 Å². The molecule has 2 fully saturated rings. The van der Waals surface area contributed by atoms with Gasteiger partial charge in [0.15, 0.2) is 5.11 Å². The number of thiocarbonyl (C=S) groups is 1. The van der Waals surface area contributed by atoms with E-state index in [2.05, 4.69) is 4.90 Å². The molecule has 0 unspecified atom stereocenters. The third-order valence-electron chi connectivity index (χ3n) is 6.27. The first-order chi connectivity index (χ1) is 18.7. The summed E-state index contributed by atoms with van der Waals surface area (Å²) >= 11 is 18.3. The molecule has 2 amide bonds. The zero-order valence-electron chi connectivity index (χ0n) is 20.3. The first-order valence-corrected chi connectivity index (χ1v) is 13.0. The average Bonchev–Trinajstić information content (AvgIpc) is 2.94. The van der Waals surface area contributed by atoms with E-state index in [9.17, 15) is 19.7 Å². The van der Waals surface area contributed by atoms with Crippen LogP contribution in [0.2, 0.25) is 10.0 Å². The molecule has 0 radical (unpaired) electrons. The summed E-state index contributed by atoms with van der Waals surface area (Å²) in [4.78, 5) is 42.8. The van der Waals surface area contributed by atoms with Gasteiger partial charge in [-0.15, -0.1) is 0 Å². The number of nitro benzene ring substituents is 1. The van der Waals surface area contributed by atoms with Crippen molar-refractivity contribution in [2.24, 2.45) is 0 Å². The van der Waals surface area contributed by atoms with E-state index < -0.39 is 16.7 Å². The van der Waals surface area contributed by atoms with Crippen LogP contribution in [0.4, 0.5) is 22.7 Å². The molecule has 12 heteroatoms. The van der Waals surface area contributed by atoms with Crippen molar-refractivity contribution in [3.05, 3.63) is 98.0 Å². The van der Waals surface area contributed by atoms with E-state index in [1.807, 2.05) is 12.1 Å². The van der Waals surface area contributed by atoms with Crippen LogP contribution in [0.5, 0.6) is 0 Å². The number of nitro groups is 1. The van der Waals surface area contributed by atoms with Crippen LogP contribution in [-0.2, 0) is 14.3 Å². The van der Waals surface area contributed by atoms with Gasteiger partial charge in [-0.3, -0.25) is 29.5 Å². The molecule has 0 aliphatic carbocycles. The van der Waals surface area contributed by atoms with Crippen LogP contribution in [0.25, 0.3) is 6.08 Å². The van der Waals surface area contributed by atoms with Crippen molar-refractivity contribution in [3.8, 4) is 0 Å². The van der Waals surface area contributed by atoms with Gasteiger partial charge in [0.05, 0.1) is 34.5 Å². The lowest BCUT2D eigenvalue weighted by atomic mass is 10.0. The number of ether oxygens (including phenoxy) is 1. The molecule has 2 saturated heterocycles. The van der Waals surface area contributed by atoms with E-state index in [-0.39, 0.29) is 27.1 Å². The predicted octanol–water partition coefficient (Wildman–Crippen LogP) is 5.49. The van der Waals surface area contributed by atoms with Crippen LogP contribution < -0.4 is 14.7 Å². The number of halogens is 2. The fraction of sp³-hybridized carbons (Fsp3) is 0.148. The number of hydrogen-bond donors (Lipinski definition) is 0. The van der Waals surface area contributed by atoms with Crippen molar-refractivity contribution in [2.75, 3.05) is 41.0 Å². The Morgan fingerprint density at radius 2 is 1.56 bits per heavy atom. The summed E-state index contributed by atoms with van der Waals surface area (Å²) in [6, 6.07) is 17.4. The molecular formula is C27H20Cl2N4O5S. The Bertz CT molecular complexity index is 1520. The second-order valence-corrected chi connectivity index (χ2v) is 9.89. The van der Waals surface area contributed by atoms with Gasteiger partial charge in [-0.2, -0.15) is 0 Å². The van der Waals surface area contributed by atoms with Gasteiger partial charge in [-0.1, -0.05) is 35.3 Å². The quantitative estimate of drug-likeness (QED) is 0.129. The Labute approximate surface area is 238 Å². The molecule has 0 aromatic heterocycles. The Kier molecular flexibility index (Phi) is 7.62. The number of anilines is 3. The zero-order chi connectivity index (χ0) is 27.7.